The van der Waals surface area contributed by atoms with E-state index in [-0.39, 0.29) is 11.4 Å². The van der Waals surface area contributed by atoms with Gasteiger partial charge in [0.25, 0.3) is 0 Å². The number of hydrogen-bond acceptors (Lipinski definition) is 4. The molecule has 1 aromatic carbocycles. The molecule has 0 spiro atoms. The van der Waals surface area contributed by atoms with Gasteiger partial charge in [-0.25, -0.2) is 8.42 Å². The zero-order valence-electron chi connectivity index (χ0n) is 9.76. The Morgan fingerprint density at radius 3 is 2.33 bits per heavy atom. The summed E-state index contributed by atoms with van der Waals surface area (Å²) in [5.74, 6) is -0.135. The fourth-order valence-corrected chi connectivity index (χ4v) is 3.29. The minimum absolute atomic E-state index is 0.135. The molecule has 0 unspecified atom stereocenters. The van der Waals surface area contributed by atoms with E-state index in [0.717, 1.165) is 6.07 Å². The highest BCUT2D eigenvalue weighted by Gasteiger charge is 2.20. The van der Waals surface area contributed by atoms with Gasteiger partial charge in [-0.1, -0.05) is 25.5 Å². The van der Waals surface area contributed by atoms with Crippen LogP contribution in [0.3, 0.4) is 0 Å². The number of sulfonamides is 1. The molecule has 102 valence electrons. The Morgan fingerprint density at radius 2 is 1.78 bits per heavy atom. The predicted molar refractivity (Wildman–Crippen MR) is 67.1 cm³/mol. The van der Waals surface area contributed by atoms with Crippen molar-refractivity contribution in [1.82, 2.24) is 0 Å². The third kappa shape index (κ3) is 4.26. The second kappa shape index (κ2) is 5.66. The summed E-state index contributed by atoms with van der Waals surface area (Å²) in [6.07, 6.45) is 1.13. The highest BCUT2D eigenvalue weighted by molar-refractivity contribution is 7.92. The van der Waals surface area contributed by atoms with Crippen LogP contribution in [0.15, 0.2) is 29.2 Å². The van der Waals surface area contributed by atoms with E-state index in [9.17, 15) is 20.7 Å². The molecule has 0 amide bonds. The second-order valence-corrected chi connectivity index (χ2v) is 6.87. The maximum atomic E-state index is 12.9. The third-order valence-corrected chi connectivity index (χ3v) is 4.42. The molecule has 0 radical (unpaired) electrons. The number of anilines is 1. The van der Waals surface area contributed by atoms with Crippen molar-refractivity contribution in [1.29, 1.82) is 0 Å². The number of hydrogen-bond donors (Lipinski definition) is 1. The average Bonchev–Trinajstić information content (AvgIpc) is 2.25. The lowest BCUT2D eigenvalue weighted by Crippen LogP contribution is -2.17. The molecule has 1 N–H and O–H groups in total. The lowest BCUT2D eigenvalue weighted by molar-refractivity contribution is 0.552. The monoisotopic (exact) mass is 295 g/mol. The first kappa shape index (κ1) is 14.9. The summed E-state index contributed by atoms with van der Waals surface area (Å²) in [6.45, 7) is 1.83. The standard InChI is InChI=1S/C10H14FNO4S2/c1-2-3-8-17(13,14)12-9-6-4-5-7-10(9)18(11,15)16/h4-7,12H,2-3,8H2,1H3. The van der Waals surface area contributed by atoms with Crippen LogP contribution in [0.2, 0.25) is 0 Å². The molecule has 0 saturated carbocycles. The van der Waals surface area contributed by atoms with Crippen molar-refractivity contribution in [3.8, 4) is 0 Å². The normalized spacial score (nSPS) is 12.3. The van der Waals surface area contributed by atoms with Crippen molar-refractivity contribution >= 4 is 25.9 Å². The van der Waals surface area contributed by atoms with Gasteiger partial charge in [-0.3, -0.25) is 4.72 Å². The third-order valence-electron chi connectivity index (χ3n) is 2.18. The van der Waals surface area contributed by atoms with Gasteiger partial charge in [0.05, 0.1) is 11.4 Å². The summed E-state index contributed by atoms with van der Waals surface area (Å²) in [5, 5.41) is 0. The Hall–Kier alpha value is -1.15. The molecule has 0 saturated heterocycles. The first-order valence-corrected chi connectivity index (χ1v) is 8.34. The number of rotatable bonds is 6. The van der Waals surface area contributed by atoms with Crippen molar-refractivity contribution in [2.75, 3.05) is 10.5 Å². The molecule has 8 heteroatoms. The van der Waals surface area contributed by atoms with Crippen LogP contribution in [0, 0.1) is 0 Å². The van der Waals surface area contributed by atoms with Crippen molar-refractivity contribution in [3.63, 3.8) is 0 Å². The molecule has 0 fully saturated rings. The second-order valence-electron chi connectivity index (χ2n) is 3.71. The Labute approximate surface area is 106 Å². The smallest absolute Gasteiger partial charge is 0.282 e. The number of halogens is 1. The van der Waals surface area contributed by atoms with Crippen LogP contribution in [0.4, 0.5) is 9.57 Å². The molecule has 1 aromatic rings. The maximum Gasteiger partial charge on any atom is 0.334 e. The minimum Gasteiger partial charge on any atom is -0.282 e. The molecular weight excluding hydrogens is 281 g/mol. The van der Waals surface area contributed by atoms with Crippen molar-refractivity contribution in [3.05, 3.63) is 24.3 Å². The van der Waals surface area contributed by atoms with Crippen LogP contribution in [-0.4, -0.2) is 22.6 Å². The number of para-hydroxylation sites is 1. The van der Waals surface area contributed by atoms with Gasteiger partial charge < -0.3 is 0 Å². The summed E-state index contributed by atoms with van der Waals surface area (Å²) in [7, 11) is -8.61. The molecule has 0 aromatic heterocycles. The van der Waals surface area contributed by atoms with E-state index in [1.54, 1.807) is 0 Å². The Kier molecular flexibility index (Phi) is 4.69. The molecule has 0 bridgehead atoms. The summed E-state index contributed by atoms with van der Waals surface area (Å²) < 4.78 is 60.0. The SMILES string of the molecule is CCCCS(=O)(=O)Nc1ccccc1S(=O)(=O)F. The number of unbranched alkanes of at least 4 members (excludes halogenated alkanes) is 1. The first-order valence-electron chi connectivity index (χ1n) is 5.30. The minimum atomic E-state index is -4.95. The van der Waals surface area contributed by atoms with Gasteiger partial charge in [0.1, 0.15) is 4.90 Å². The highest BCUT2D eigenvalue weighted by Crippen LogP contribution is 2.23. The molecule has 0 aliphatic heterocycles. The van der Waals surface area contributed by atoms with E-state index in [2.05, 4.69) is 4.72 Å². The van der Waals surface area contributed by atoms with Crippen LogP contribution in [0.25, 0.3) is 0 Å². The van der Waals surface area contributed by atoms with Crippen molar-refractivity contribution < 1.29 is 20.7 Å². The maximum absolute atomic E-state index is 12.9. The van der Waals surface area contributed by atoms with Crippen LogP contribution >= 0.6 is 0 Å². The molecule has 0 aliphatic carbocycles. The quantitative estimate of drug-likeness (QED) is 0.813. The van der Waals surface area contributed by atoms with Gasteiger partial charge in [0.15, 0.2) is 0 Å². The lowest BCUT2D eigenvalue weighted by Gasteiger charge is -2.09. The van der Waals surface area contributed by atoms with Crippen molar-refractivity contribution in [2.45, 2.75) is 24.7 Å². The lowest BCUT2D eigenvalue weighted by atomic mass is 10.3. The predicted octanol–water partition coefficient (Wildman–Crippen LogP) is 1.89. The number of nitrogens with one attached hydrogen (secondary N) is 1. The average molecular weight is 295 g/mol. The van der Waals surface area contributed by atoms with Gasteiger partial charge in [-0.2, -0.15) is 8.42 Å². The zero-order valence-corrected chi connectivity index (χ0v) is 11.4. The molecule has 0 heterocycles. The molecule has 5 nitrogen and oxygen atoms in total. The summed E-state index contributed by atoms with van der Waals surface area (Å²) in [6, 6.07) is 4.95. The fourth-order valence-electron chi connectivity index (χ4n) is 1.32. The topological polar surface area (TPSA) is 80.3 Å². The molecule has 1 rings (SSSR count). The summed E-state index contributed by atoms with van der Waals surface area (Å²) in [4.78, 5) is -0.676. The summed E-state index contributed by atoms with van der Waals surface area (Å²) >= 11 is 0. The van der Waals surface area contributed by atoms with Crippen LogP contribution in [-0.2, 0) is 20.2 Å². The van der Waals surface area contributed by atoms with Crippen molar-refractivity contribution in [2.24, 2.45) is 0 Å². The van der Waals surface area contributed by atoms with E-state index in [1.165, 1.54) is 18.2 Å². The Bertz CT molecular complexity index is 611. The summed E-state index contributed by atoms with van der Waals surface area (Å²) in [5.41, 5.74) is -0.267. The van der Waals surface area contributed by atoms with Crippen LogP contribution in [0.5, 0.6) is 0 Å². The number of benzene rings is 1. The highest BCUT2D eigenvalue weighted by atomic mass is 32.3. The van der Waals surface area contributed by atoms with E-state index < -0.39 is 25.1 Å². The first-order chi connectivity index (χ1) is 8.26. The molecule has 0 aliphatic rings. The molecule has 18 heavy (non-hydrogen) atoms. The van der Waals surface area contributed by atoms with Gasteiger partial charge in [-0.05, 0) is 18.6 Å². The van der Waals surface area contributed by atoms with E-state index >= 15 is 0 Å². The van der Waals surface area contributed by atoms with Crippen LogP contribution < -0.4 is 4.72 Å². The zero-order chi connectivity index (χ0) is 13.8. The van der Waals surface area contributed by atoms with E-state index in [1.807, 2.05) is 6.92 Å². The Balaban J connectivity index is 3.06. The fraction of sp³-hybridized carbons (Fsp3) is 0.400. The van der Waals surface area contributed by atoms with Gasteiger partial charge in [-0.15, -0.1) is 3.89 Å². The largest absolute Gasteiger partial charge is 0.334 e. The molecule has 0 atom stereocenters. The van der Waals surface area contributed by atoms with Gasteiger partial charge >= 0.3 is 10.2 Å². The van der Waals surface area contributed by atoms with Gasteiger partial charge in [0, 0.05) is 0 Å². The van der Waals surface area contributed by atoms with E-state index in [4.69, 9.17) is 0 Å². The van der Waals surface area contributed by atoms with Gasteiger partial charge in [0.2, 0.25) is 10.0 Å². The van der Waals surface area contributed by atoms with Crippen LogP contribution in [0.1, 0.15) is 19.8 Å². The Morgan fingerprint density at radius 1 is 1.17 bits per heavy atom. The van der Waals surface area contributed by atoms with E-state index in [0.29, 0.717) is 12.8 Å². The molecular formula is C10H14FNO4S2.